The highest BCUT2D eigenvalue weighted by molar-refractivity contribution is 6.00. The van der Waals surface area contributed by atoms with Gasteiger partial charge in [-0.2, -0.15) is 0 Å². The van der Waals surface area contributed by atoms with E-state index in [0.717, 1.165) is 51.1 Å². The highest BCUT2D eigenvalue weighted by Gasteiger charge is 2.41. The molecule has 0 spiro atoms. The monoisotopic (exact) mass is 668 g/mol. The number of hydrogen-bond acceptors (Lipinski definition) is 3. The molecular formula is C49H36N2O. The van der Waals surface area contributed by atoms with Crippen LogP contribution < -0.4 is 14.5 Å². The lowest BCUT2D eigenvalue weighted by Gasteiger charge is -2.45. The van der Waals surface area contributed by atoms with Crippen LogP contribution in [0.5, 0.6) is 11.5 Å². The number of rotatable bonds is 5. The molecule has 0 N–H and O–H groups in total. The van der Waals surface area contributed by atoms with Crippen molar-refractivity contribution in [3.8, 4) is 33.8 Å². The normalized spacial score (nSPS) is 13.5. The molecule has 0 aromatic heterocycles. The highest BCUT2D eigenvalue weighted by Crippen LogP contribution is 2.60. The van der Waals surface area contributed by atoms with Gasteiger partial charge >= 0.3 is 0 Å². The van der Waals surface area contributed by atoms with Crippen LogP contribution >= 0.6 is 0 Å². The largest absolute Gasteiger partial charge is 0.453 e. The van der Waals surface area contributed by atoms with E-state index in [1.807, 2.05) is 6.07 Å². The Morgan fingerprint density at radius 1 is 0.462 bits per heavy atom. The fraction of sp³-hybridized carbons (Fsp3) is 0.0612. The fourth-order valence-corrected chi connectivity index (χ4v) is 8.21. The van der Waals surface area contributed by atoms with Crippen LogP contribution in [0.15, 0.2) is 182 Å². The first kappa shape index (κ1) is 30.3. The second kappa shape index (κ2) is 11.8. The lowest BCUT2D eigenvalue weighted by molar-refractivity contribution is 0.471. The minimum atomic E-state index is -0.240. The molecule has 2 aliphatic heterocycles. The summed E-state index contributed by atoms with van der Waals surface area (Å²) in [6.07, 6.45) is 0. The van der Waals surface area contributed by atoms with Crippen LogP contribution in [0.1, 0.15) is 25.0 Å². The van der Waals surface area contributed by atoms with Crippen LogP contribution in [0.2, 0.25) is 0 Å². The maximum atomic E-state index is 6.75. The molecule has 8 aromatic rings. The van der Waals surface area contributed by atoms with Crippen LogP contribution in [0, 0.1) is 0 Å². The van der Waals surface area contributed by atoms with Gasteiger partial charge in [-0.15, -0.1) is 0 Å². The molecule has 0 saturated heterocycles. The average molecular weight is 669 g/mol. The summed E-state index contributed by atoms with van der Waals surface area (Å²) >= 11 is 0. The third-order valence-corrected chi connectivity index (χ3v) is 10.8. The Morgan fingerprint density at radius 2 is 1.13 bits per heavy atom. The molecule has 0 saturated carbocycles. The lowest BCUT2D eigenvalue weighted by Crippen LogP contribution is -2.32. The van der Waals surface area contributed by atoms with Crippen LogP contribution in [-0.4, -0.2) is 0 Å². The summed E-state index contributed by atoms with van der Waals surface area (Å²) in [5.41, 5.74) is 13.7. The van der Waals surface area contributed by atoms with Crippen LogP contribution in [0.3, 0.4) is 0 Å². The Morgan fingerprint density at radius 3 is 2.00 bits per heavy atom. The van der Waals surface area contributed by atoms with Crippen LogP contribution in [-0.2, 0) is 5.41 Å². The topological polar surface area (TPSA) is 15.7 Å². The molecule has 0 bridgehead atoms. The Labute approximate surface area is 304 Å². The van der Waals surface area contributed by atoms with Gasteiger partial charge in [0.25, 0.3) is 0 Å². The van der Waals surface area contributed by atoms with E-state index in [1.165, 1.54) is 38.7 Å². The maximum Gasteiger partial charge on any atom is 0.152 e. The summed E-state index contributed by atoms with van der Waals surface area (Å²) in [5, 5.41) is 2.41. The van der Waals surface area contributed by atoms with Gasteiger partial charge in [0.15, 0.2) is 11.5 Å². The first-order chi connectivity index (χ1) is 25.5. The SMILES string of the molecule is CC1(C)c2ccccc2N2c3ccccc3Oc3cc(-c4cccc(N(c5ccc(-c6ccccc6)cc5)c5cccc6ccccc56)c4)cc1c32. The van der Waals surface area contributed by atoms with Crippen molar-refractivity contribution in [1.82, 2.24) is 0 Å². The van der Waals surface area contributed by atoms with Crippen molar-refractivity contribution in [3.63, 3.8) is 0 Å². The van der Waals surface area contributed by atoms with Crippen molar-refractivity contribution in [3.05, 3.63) is 193 Å². The van der Waals surface area contributed by atoms with E-state index in [-0.39, 0.29) is 5.41 Å². The molecule has 0 fully saturated rings. The molecule has 248 valence electrons. The van der Waals surface area contributed by atoms with Crippen molar-refractivity contribution in [2.24, 2.45) is 0 Å². The van der Waals surface area contributed by atoms with E-state index in [9.17, 15) is 0 Å². The predicted molar refractivity (Wildman–Crippen MR) is 216 cm³/mol. The second-order valence-electron chi connectivity index (χ2n) is 14.2. The second-order valence-corrected chi connectivity index (χ2v) is 14.2. The minimum absolute atomic E-state index is 0.240. The van der Waals surface area contributed by atoms with Crippen molar-refractivity contribution >= 4 is 44.9 Å². The number of anilines is 6. The summed E-state index contributed by atoms with van der Waals surface area (Å²) in [7, 11) is 0. The minimum Gasteiger partial charge on any atom is -0.453 e. The smallest absolute Gasteiger partial charge is 0.152 e. The number of fused-ring (bicyclic) bond motifs is 5. The van der Waals surface area contributed by atoms with E-state index >= 15 is 0 Å². The summed E-state index contributed by atoms with van der Waals surface area (Å²) in [6, 6.07) is 65.4. The van der Waals surface area contributed by atoms with Gasteiger partial charge < -0.3 is 14.5 Å². The fourth-order valence-electron chi connectivity index (χ4n) is 8.21. The standard InChI is InChI=1S/C49H36N2O/c1-49(2)41-21-8-9-22-44(41)51-45-23-10-11-25-46(45)52-47-32-37(31-42(49)48(47)51)36-18-12-19-39(30-36)50(43-24-13-17-35-16-6-7-20-40(35)43)38-28-26-34(27-29-38)33-14-4-3-5-15-33/h3-32H,1-2H3. The molecule has 8 aromatic carbocycles. The Balaban J connectivity index is 1.14. The number of nitrogens with zero attached hydrogens (tertiary/aromatic N) is 2. The van der Waals surface area contributed by atoms with E-state index in [2.05, 4.69) is 200 Å². The van der Waals surface area contributed by atoms with E-state index in [1.54, 1.807) is 0 Å². The van der Waals surface area contributed by atoms with Crippen molar-refractivity contribution in [2.75, 3.05) is 9.80 Å². The molecule has 3 nitrogen and oxygen atoms in total. The zero-order valence-corrected chi connectivity index (χ0v) is 29.1. The van der Waals surface area contributed by atoms with Crippen molar-refractivity contribution in [1.29, 1.82) is 0 Å². The molecule has 2 aliphatic rings. The van der Waals surface area contributed by atoms with Crippen molar-refractivity contribution in [2.45, 2.75) is 19.3 Å². The lowest BCUT2D eigenvalue weighted by atomic mass is 9.72. The zero-order chi connectivity index (χ0) is 34.8. The molecular weight excluding hydrogens is 633 g/mol. The molecule has 10 rings (SSSR count). The maximum absolute atomic E-state index is 6.75. The molecule has 2 heterocycles. The number of para-hydroxylation sites is 3. The quantitative estimate of drug-likeness (QED) is 0.182. The first-order valence-electron chi connectivity index (χ1n) is 17.9. The molecule has 0 aliphatic carbocycles. The zero-order valence-electron chi connectivity index (χ0n) is 29.1. The van der Waals surface area contributed by atoms with Gasteiger partial charge in [-0.05, 0) is 99.4 Å². The van der Waals surface area contributed by atoms with E-state index in [0.29, 0.717) is 0 Å². The molecule has 3 heteroatoms. The van der Waals surface area contributed by atoms with Gasteiger partial charge in [-0.3, -0.25) is 0 Å². The average Bonchev–Trinajstić information content (AvgIpc) is 3.20. The predicted octanol–water partition coefficient (Wildman–Crippen LogP) is 13.9. The Kier molecular flexibility index (Phi) is 6.84. The number of benzene rings is 8. The van der Waals surface area contributed by atoms with E-state index in [4.69, 9.17) is 4.74 Å². The molecule has 0 unspecified atom stereocenters. The molecule has 52 heavy (non-hydrogen) atoms. The van der Waals surface area contributed by atoms with Gasteiger partial charge in [0, 0.05) is 22.2 Å². The first-order valence-corrected chi connectivity index (χ1v) is 17.9. The highest BCUT2D eigenvalue weighted by atomic mass is 16.5. The van der Waals surface area contributed by atoms with Gasteiger partial charge in [-0.1, -0.05) is 135 Å². The van der Waals surface area contributed by atoms with Gasteiger partial charge in [-0.25, -0.2) is 0 Å². The molecule has 0 radical (unpaired) electrons. The van der Waals surface area contributed by atoms with Crippen LogP contribution in [0.4, 0.5) is 34.1 Å². The summed E-state index contributed by atoms with van der Waals surface area (Å²) in [6.45, 7) is 4.67. The number of ether oxygens (including phenoxy) is 1. The van der Waals surface area contributed by atoms with Gasteiger partial charge in [0.1, 0.15) is 0 Å². The third kappa shape index (κ3) is 4.74. The van der Waals surface area contributed by atoms with Gasteiger partial charge in [0.05, 0.1) is 22.7 Å². The van der Waals surface area contributed by atoms with Crippen LogP contribution in [0.25, 0.3) is 33.0 Å². The Bertz CT molecular complexity index is 2640. The third-order valence-electron chi connectivity index (χ3n) is 10.8. The molecule has 0 amide bonds. The summed E-state index contributed by atoms with van der Waals surface area (Å²) in [5.74, 6) is 1.74. The Hall–Kier alpha value is -6.58. The molecule has 0 atom stereocenters. The van der Waals surface area contributed by atoms with Crippen molar-refractivity contribution < 1.29 is 4.74 Å². The summed E-state index contributed by atoms with van der Waals surface area (Å²) in [4.78, 5) is 4.78. The van der Waals surface area contributed by atoms with E-state index < -0.39 is 0 Å². The van der Waals surface area contributed by atoms with Gasteiger partial charge in [0.2, 0.25) is 0 Å². The number of hydrogen-bond donors (Lipinski definition) is 0. The summed E-state index contributed by atoms with van der Waals surface area (Å²) < 4.78 is 6.75.